The van der Waals surface area contributed by atoms with Gasteiger partial charge in [-0.1, -0.05) is 31.2 Å². The van der Waals surface area contributed by atoms with Crippen LogP contribution in [0, 0.1) is 0 Å². The Morgan fingerprint density at radius 3 is 2.95 bits per heavy atom. The maximum Gasteiger partial charge on any atom is 0.164 e. The third kappa shape index (κ3) is 2.78. The molecule has 1 heterocycles. The molecular weight excluding hydrogens is 272 g/mol. The molecule has 2 rings (SSSR count). The van der Waals surface area contributed by atoms with E-state index in [1.807, 2.05) is 13.0 Å². The highest BCUT2D eigenvalue weighted by atomic mass is 35.5. The van der Waals surface area contributed by atoms with E-state index in [4.69, 9.17) is 11.6 Å². The second kappa shape index (κ2) is 6.23. The van der Waals surface area contributed by atoms with Crippen LogP contribution in [-0.4, -0.2) is 18.5 Å². The number of carbonyl (C=O) groups excluding carboxylic acids is 1. The summed E-state index contributed by atoms with van der Waals surface area (Å²) in [6, 6.07) is 0. The summed E-state index contributed by atoms with van der Waals surface area (Å²) in [5.74, 6) is 0.00524. The lowest BCUT2D eigenvalue weighted by Gasteiger charge is -2.24. The maximum atomic E-state index is 11.9. The molecule has 4 heteroatoms. The Hall–Kier alpha value is -1.61. The fourth-order valence-corrected chi connectivity index (χ4v) is 2.56. The van der Waals surface area contributed by atoms with Crippen LogP contribution in [0.5, 0.6) is 0 Å². The molecule has 0 bridgehead atoms. The van der Waals surface area contributed by atoms with E-state index >= 15 is 0 Å². The van der Waals surface area contributed by atoms with Gasteiger partial charge in [0.1, 0.15) is 5.16 Å². The monoisotopic (exact) mass is 290 g/mol. The van der Waals surface area contributed by atoms with Gasteiger partial charge in [0.05, 0.1) is 11.4 Å². The van der Waals surface area contributed by atoms with E-state index in [0.717, 1.165) is 30.5 Å². The average molecular weight is 291 g/mol. The molecule has 1 N–H and O–H groups in total. The summed E-state index contributed by atoms with van der Waals surface area (Å²) in [7, 11) is 1.77. The molecule has 0 radical (unpaired) electrons. The van der Waals surface area contributed by atoms with E-state index in [-0.39, 0.29) is 5.78 Å². The van der Waals surface area contributed by atoms with Crippen molar-refractivity contribution in [2.24, 2.45) is 4.99 Å². The van der Waals surface area contributed by atoms with E-state index in [1.54, 1.807) is 7.05 Å². The summed E-state index contributed by atoms with van der Waals surface area (Å²) < 4.78 is 0. The molecule has 0 unspecified atom stereocenters. The number of ketones is 1. The van der Waals surface area contributed by atoms with E-state index in [2.05, 4.69) is 23.0 Å². The van der Waals surface area contributed by atoms with Crippen molar-refractivity contribution in [2.45, 2.75) is 32.6 Å². The number of carbonyl (C=O) groups is 1. The van der Waals surface area contributed by atoms with Crippen LogP contribution >= 0.6 is 11.6 Å². The Kier molecular flexibility index (Phi) is 4.61. The highest BCUT2D eigenvalue weighted by molar-refractivity contribution is 6.36. The summed E-state index contributed by atoms with van der Waals surface area (Å²) >= 11 is 6.26. The quantitative estimate of drug-likeness (QED) is 0.634. The predicted octanol–water partition coefficient (Wildman–Crippen LogP) is 3.64. The average Bonchev–Trinajstić information content (AvgIpc) is 2.51. The molecule has 20 heavy (non-hydrogen) atoms. The van der Waals surface area contributed by atoms with Gasteiger partial charge >= 0.3 is 0 Å². The van der Waals surface area contributed by atoms with Gasteiger partial charge in [-0.3, -0.25) is 4.79 Å². The molecule has 0 saturated heterocycles. The van der Waals surface area contributed by atoms with E-state index < -0.39 is 0 Å². The summed E-state index contributed by atoms with van der Waals surface area (Å²) in [6.07, 6.45) is 7.31. The first-order valence-electron chi connectivity index (χ1n) is 6.85. The van der Waals surface area contributed by atoms with Gasteiger partial charge in [0.15, 0.2) is 5.78 Å². The lowest BCUT2D eigenvalue weighted by Crippen LogP contribution is -2.21. The van der Waals surface area contributed by atoms with Crippen molar-refractivity contribution in [3.63, 3.8) is 0 Å². The highest BCUT2D eigenvalue weighted by Crippen LogP contribution is 2.34. The molecule has 0 aromatic rings. The zero-order chi connectivity index (χ0) is 14.7. The SMILES string of the molecule is C=C(C(=O)CC)C1=NC2=C(CCC=C2)C/C1=C(\Cl)NC. The van der Waals surface area contributed by atoms with E-state index in [0.29, 0.717) is 22.9 Å². The Balaban J connectivity index is 2.49. The van der Waals surface area contributed by atoms with Gasteiger partial charge in [0.25, 0.3) is 0 Å². The first-order valence-corrected chi connectivity index (χ1v) is 7.22. The topological polar surface area (TPSA) is 41.5 Å². The highest BCUT2D eigenvalue weighted by Gasteiger charge is 2.25. The third-order valence-corrected chi connectivity index (χ3v) is 4.00. The van der Waals surface area contributed by atoms with Crippen LogP contribution in [0.25, 0.3) is 0 Å². The van der Waals surface area contributed by atoms with Gasteiger partial charge in [-0.2, -0.15) is 0 Å². The lowest BCUT2D eigenvalue weighted by molar-refractivity contribution is -0.114. The Morgan fingerprint density at radius 2 is 2.30 bits per heavy atom. The number of nitrogens with zero attached hydrogens (tertiary/aromatic N) is 1. The zero-order valence-corrected chi connectivity index (χ0v) is 12.7. The fourth-order valence-electron chi connectivity index (χ4n) is 2.41. The number of aliphatic imine (C=N–C) groups is 1. The standard InChI is InChI=1S/C16H19ClN2O/c1-4-14(20)10(2)15-12(16(17)18-3)9-11-7-5-6-8-13(11)19-15/h6,8,18H,2,4-5,7,9H2,1,3H3/b16-12-. The van der Waals surface area contributed by atoms with Crippen molar-refractivity contribution >= 4 is 23.1 Å². The summed E-state index contributed by atoms with van der Waals surface area (Å²) in [5.41, 5.74) is 4.18. The van der Waals surface area contributed by atoms with Gasteiger partial charge < -0.3 is 5.32 Å². The molecule has 0 spiro atoms. The number of allylic oxidation sites excluding steroid dienone is 5. The molecule has 0 aromatic heterocycles. The second-order valence-corrected chi connectivity index (χ2v) is 5.24. The van der Waals surface area contributed by atoms with Crippen LogP contribution in [0.3, 0.4) is 0 Å². The van der Waals surface area contributed by atoms with Crippen molar-refractivity contribution in [2.75, 3.05) is 7.05 Å². The number of nitrogens with one attached hydrogen (secondary N) is 1. The van der Waals surface area contributed by atoms with Crippen LogP contribution in [-0.2, 0) is 4.79 Å². The second-order valence-electron chi connectivity index (χ2n) is 4.86. The Morgan fingerprint density at radius 1 is 1.55 bits per heavy atom. The first-order chi connectivity index (χ1) is 9.58. The first kappa shape index (κ1) is 14.8. The van der Waals surface area contributed by atoms with Crippen molar-refractivity contribution in [1.29, 1.82) is 0 Å². The van der Waals surface area contributed by atoms with Crippen LogP contribution in [0.2, 0.25) is 0 Å². The molecular formula is C16H19ClN2O. The number of halogens is 1. The summed E-state index contributed by atoms with van der Waals surface area (Å²) in [5, 5.41) is 3.48. The molecule has 0 fully saturated rings. The van der Waals surface area contributed by atoms with Crippen LogP contribution in [0.1, 0.15) is 32.6 Å². The molecule has 0 saturated carbocycles. The van der Waals surface area contributed by atoms with Gasteiger partial charge in [-0.15, -0.1) is 0 Å². The minimum atomic E-state index is 0.00524. The molecule has 106 valence electrons. The smallest absolute Gasteiger partial charge is 0.164 e. The van der Waals surface area contributed by atoms with Crippen molar-refractivity contribution in [1.82, 2.24) is 5.32 Å². The molecule has 2 aliphatic rings. The fraction of sp³-hybridized carbons (Fsp3) is 0.375. The molecule has 0 amide bonds. The van der Waals surface area contributed by atoms with Gasteiger partial charge in [-0.25, -0.2) is 4.99 Å². The Labute approximate surface area is 124 Å². The molecule has 0 atom stereocenters. The largest absolute Gasteiger partial charge is 0.379 e. The molecule has 3 nitrogen and oxygen atoms in total. The zero-order valence-electron chi connectivity index (χ0n) is 11.9. The van der Waals surface area contributed by atoms with Crippen LogP contribution in [0.4, 0.5) is 0 Å². The minimum Gasteiger partial charge on any atom is -0.379 e. The Bertz CT molecular complexity index is 579. The van der Waals surface area contributed by atoms with Gasteiger partial charge in [0.2, 0.25) is 0 Å². The van der Waals surface area contributed by atoms with Crippen molar-refractivity contribution in [3.05, 3.63) is 46.3 Å². The predicted molar refractivity (Wildman–Crippen MR) is 83.8 cm³/mol. The molecule has 1 aliphatic heterocycles. The van der Waals surface area contributed by atoms with E-state index in [9.17, 15) is 4.79 Å². The number of Topliss-reactive ketones (excluding diaryl/α,β-unsaturated/α-hetero) is 1. The number of hydrogen-bond acceptors (Lipinski definition) is 3. The molecule has 0 aromatic carbocycles. The van der Waals surface area contributed by atoms with Crippen molar-refractivity contribution in [3.8, 4) is 0 Å². The van der Waals surface area contributed by atoms with E-state index in [1.165, 1.54) is 5.57 Å². The van der Waals surface area contributed by atoms with Crippen LogP contribution < -0.4 is 5.32 Å². The van der Waals surface area contributed by atoms with Crippen molar-refractivity contribution < 1.29 is 4.79 Å². The van der Waals surface area contributed by atoms with Crippen LogP contribution in [0.15, 0.2) is 51.3 Å². The third-order valence-electron chi connectivity index (χ3n) is 3.59. The van der Waals surface area contributed by atoms with Gasteiger partial charge in [-0.05, 0) is 24.5 Å². The maximum absolute atomic E-state index is 11.9. The summed E-state index contributed by atoms with van der Waals surface area (Å²) in [6.45, 7) is 5.73. The van der Waals surface area contributed by atoms with Gasteiger partial charge in [0, 0.05) is 31.0 Å². The normalized spacial score (nSPS) is 20.2. The molecule has 1 aliphatic carbocycles. The number of rotatable bonds is 4. The number of hydrogen-bond donors (Lipinski definition) is 1. The lowest BCUT2D eigenvalue weighted by atomic mass is 9.87. The summed E-state index contributed by atoms with van der Waals surface area (Å²) in [4.78, 5) is 16.6. The minimum absolute atomic E-state index is 0.00524.